The molecule has 0 aromatic heterocycles. The van der Waals surface area contributed by atoms with Crippen molar-refractivity contribution < 1.29 is 46.8 Å². The van der Waals surface area contributed by atoms with Gasteiger partial charge in [-0.3, -0.25) is 0 Å². The van der Waals surface area contributed by atoms with Crippen molar-refractivity contribution in [2.75, 3.05) is 0 Å². The molecule has 0 atom stereocenters. The normalized spacial score (nSPS) is 1.50. The molecule has 4 heavy (non-hydrogen) atoms. The Morgan fingerprint density at radius 2 is 1.25 bits per heavy atom. The van der Waals surface area contributed by atoms with Gasteiger partial charge in [-0.25, -0.2) is 0 Å². The van der Waals surface area contributed by atoms with Gasteiger partial charge in [-0.05, 0) is 0 Å². The van der Waals surface area contributed by atoms with E-state index < -0.39 is 0 Å². The van der Waals surface area contributed by atoms with E-state index in [-0.39, 0.29) is 22.5 Å². The first-order chi connectivity index (χ1) is 1.00. The van der Waals surface area contributed by atoms with Gasteiger partial charge in [0.15, 0.2) is 0 Å². The molecule has 0 aliphatic carbocycles. The Morgan fingerprint density at radius 3 is 1.25 bits per heavy atom. The van der Waals surface area contributed by atoms with Gasteiger partial charge in [-0.15, -0.1) is 0 Å². The van der Waals surface area contributed by atoms with Gasteiger partial charge in [0, 0.05) is 0 Å². The summed E-state index contributed by atoms with van der Waals surface area (Å²) in [6.07, 6.45) is 0. The first-order valence-corrected chi connectivity index (χ1v) is 0.728. The van der Waals surface area contributed by atoms with Gasteiger partial charge in [-0.2, -0.15) is 0 Å². The summed E-state index contributed by atoms with van der Waals surface area (Å²) in [5, 5.41) is 0. The third-order valence-corrected chi connectivity index (χ3v) is 0. The molecule has 0 fully saturated rings. The first kappa shape index (κ1) is 19.9. The van der Waals surface area contributed by atoms with E-state index in [1.54, 1.807) is 21.0 Å². The van der Waals surface area contributed by atoms with Crippen LogP contribution in [0.2, 0.25) is 0 Å². The van der Waals surface area contributed by atoms with Crippen molar-refractivity contribution in [1.29, 1.82) is 0 Å². The predicted molar refractivity (Wildman–Crippen MR) is 1.37 cm³/mol. The molecule has 0 rings (SSSR count). The van der Waals surface area contributed by atoms with Gasteiger partial charge in [0.2, 0.25) is 0 Å². The Morgan fingerprint density at radius 1 is 1.25 bits per heavy atom. The van der Waals surface area contributed by atoms with Crippen LogP contribution in [0.3, 0.4) is 0 Å². The molecule has 0 saturated carbocycles. The van der Waals surface area contributed by atoms with E-state index in [1.165, 1.54) is 0 Å². The van der Waals surface area contributed by atoms with Crippen LogP contribution >= 0.6 is 0 Å². The fraction of sp³-hybridized carbons (Fsp3) is 0. The molecular formula is AgFeO2. The molecule has 2 nitrogen and oxygen atoms in total. The quantitative estimate of drug-likeness (QED) is 0.492. The summed E-state index contributed by atoms with van der Waals surface area (Å²) in [7, 11) is 0. The zero-order valence-electron chi connectivity index (χ0n) is 1.47. The van der Waals surface area contributed by atoms with Crippen molar-refractivity contribution >= 4 is 0 Å². The molecule has 0 saturated heterocycles. The van der Waals surface area contributed by atoms with Crippen LogP contribution in [0, 0.1) is 0 Å². The van der Waals surface area contributed by atoms with E-state index in [9.17, 15) is 0 Å². The van der Waals surface area contributed by atoms with Gasteiger partial charge in [0.25, 0.3) is 0 Å². The van der Waals surface area contributed by atoms with Gasteiger partial charge in [0.1, 0.15) is 0 Å². The molecule has 0 radical (unpaired) electrons. The van der Waals surface area contributed by atoms with E-state index in [4.69, 9.17) is 3.25 Å². The van der Waals surface area contributed by atoms with Crippen molar-refractivity contribution in [3.8, 4) is 0 Å². The van der Waals surface area contributed by atoms with E-state index >= 15 is 0 Å². The van der Waals surface area contributed by atoms with Gasteiger partial charge >= 0.3 is 41.4 Å². The van der Waals surface area contributed by atoms with Gasteiger partial charge in [-0.1, -0.05) is 0 Å². The summed E-state index contributed by atoms with van der Waals surface area (Å²) in [4.78, 5) is 0. The number of hydrogen-bond acceptors (Lipinski definition) is 1. The van der Waals surface area contributed by atoms with Crippen LogP contribution in [0.5, 0.6) is 0 Å². The van der Waals surface area contributed by atoms with Crippen LogP contribution in [-0.4, -0.2) is 0 Å². The summed E-state index contributed by atoms with van der Waals surface area (Å²) >= 11 is 1.70. The average Bonchev–Trinajstić information content (AvgIpc) is 1.00. The van der Waals surface area contributed by atoms with E-state index in [0.29, 0.717) is 0 Å². The van der Waals surface area contributed by atoms with Crippen LogP contribution in [0.1, 0.15) is 0 Å². The molecule has 0 N–H and O–H groups in total. The summed E-state index contributed by atoms with van der Waals surface area (Å²) in [5.41, 5.74) is 0. The van der Waals surface area contributed by atoms with E-state index in [2.05, 4.69) is 0 Å². The van der Waals surface area contributed by atoms with Crippen molar-refractivity contribution in [1.82, 2.24) is 0 Å². The SMILES string of the molecule is [Fe+2].[O-2].[O]=[Ag]. The third kappa shape index (κ3) is 11.8. The second-order valence-electron chi connectivity index (χ2n) is 0. The molecule has 31 valence electrons. The zero-order valence-corrected chi connectivity index (χ0v) is 4.06. The topological polar surface area (TPSA) is 45.6 Å². The molecular weight excluding hydrogens is 196 g/mol. The molecule has 0 bridgehead atoms. The maximum absolute atomic E-state index is 8.06. The molecule has 0 aromatic rings. The Kier molecular flexibility index (Phi) is 175. The number of rotatable bonds is 0. The van der Waals surface area contributed by atoms with Crippen LogP contribution in [-0.2, 0) is 46.8 Å². The molecule has 0 aliphatic rings. The van der Waals surface area contributed by atoms with Gasteiger partial charge in [0.05, 0.1) is 0 Å². The van der Waals surface area contributed by atoms with Crippen molar-refractivity contribution in [3.05, 3.63) is 0 Å². The summed E-state index contributed by atoms with van der Waals surface area (Å²) in [6.45, 7) is 0. The standard InChI is InChI=1S/Ag.Fe.2O/q;+2;;-2. The zero-order chi connectivity index (χ0) is 2.00. The molecule has 0 unspecified atom stereocenters. The van der Waals surface area contributed by atoms with E-state index in [0.717, 1.165) is 0 Å². The summed E-state index contributed by atoms with van der Waals surface area (Å²) in [6, 6.07) is 0. The Bertz CT molecular complexity index is 6.00. The monoisotopic (exact) mass is 195 g/mol. The van der Waals surface area contributed by atoms with E-state index in [1.807, 2.05) is 0 Å². The van der Waals surface area contributed by atoms with Crippen molar-refractivity contribution in [3.63, 3.8) is 0 Å². The summed E-state index contributed by atoms with van der Waals surface area (Å²) in [5.74, 6) is 0. The third-order valence-electron chi connectivity index (χ3n) is 0. The van der Waals surface area contributed by atoms with Crippen LogP contribution in [0.15, 0.2) is 0 Å². The predicted octanol–water partition coefficient (Wildman–Crippen LogP) is -0.243. The van der Waals surface area contributed by atoms with Crippen LogP contribution in [0.25, 0.3) is 0 Å². The van der Waals surface area contributed by atoms with Crippen LogP contribution in [0.4, 0.5) is 0 Å². The Labute approximate surface area is 47.0 Å². The van der Waals surface area contributed by atoms with Crippen molar-refractivity contribution in [2.24, 2.45) is 0 Å². The molecule has 0 aliphatic heterocycles. The molecule has 0 spiro atoms. The molecule has 0 heterocycles. The van der Waals surface area contributed by atoms with Gasteiger partial charge < -0.3 is 5.48 Å². The maximum atomic E-state index is 8.06. The van der Waals surface area contributed by atoms with Crippen LogP contribution < -0.4 is 0 Å². The number of hydrogen-bond donors (Lipinski definition) is 0. The second-order valence-corrected chi connectivity index (χ2v) is 0. The Hall–Kier alpha value is 1.02. The minimum atomic E-state index is 0. The second kappa shape index (κ2) is 35.2. The fourth-order valence-corrected chi connectivity index (χ4v) is 0. The summed E-state index contributed by atoms with van der Waals surface area (Å²) < 4.78 is 8.06. The average molecular weight is 196 g/mol. The molecule has 0 aromatic carbocycles. The molecule has 0 amide bonds. The van der Waals surface area contributed by atoms with Crippen molar-refractivity contribution in [2.45, 2.75) is 0 Å². The first-order valence-electron chi connectivity index (χ1n) is 0.123. The Balaban J connectivity index is -0.00000000500. The molecule has 4 heteroatoms. The minimum absolute atomic E-state index is 0. The fourth-order valence-electron chi connectivity index (χ4n) is 0.